The second kappa shape index (κ2) is 9.88. The molecule has 5 heteroatoms. The van der Waals surface area contributed by atoms with Crippen LogP contribution in [0.4, 0.5) is 4.39 Å². The highest BCUT2D eigenvalue weighted by molar-refractivity contribution is 5.75. The molecule has 3 atom stereocenters. The van der Waals surface area contributed by atoms with Gasteiger partial charge in [-0.05, 0) is 72.6 Å². The number of ether oxygens (including phenoxy) is 2. The fourth-order valence-corrected chi connectivity index (χ4v) is 5.08. The molecule has 1 N–H and O–H groups in total. The van der Waals surface area contributed by atoms with Crippen LogP contribution in [0.5, 0.6) is 0 Å². The third-order valence-electron chi connectivity index (χ3n) is 6.54. The first-order valence-electron chi connectivity index (χ1n) is 11.7. The number of allylic oxidation sites excluding steroid dienone is 2. The molecule has 1 saturated heterocycles. The molecule has 1 fully saturated rings. The number of esters is 1. The second-order valence-electron chi connectivity index (χ2n) is 10.2. The van der Waals surface area contributed by atoms with Gasteiger partial charge in [-0.15, -0.1) is 0 Å². The van der Waals surface area contributed by atoms with Crippen molar-refractivity contribution in [2.75, 3.05) is 6.61 Å². The first kappa shape index (κ1) is 24.7. The van der Waals surface area contributed by atoms with Gasteiger partial charge in [-0.1, -0.05) is 39.3 Å². The number of cyclic esters (lactones) is 1. The van der Waals surface area contributed by atoms with Gasteiger partial charge in [-0.3, -0.25) is 4.79 Å². The predicted octanol–water partition coefficient (Wildman–Crippen LogP) is 5.91. The molecule has 0 bridgehead atoms. The van der Waals surface area contributed by atoms with Gasteiger partial charge < -0.3 is 14.6 Å². The number of benzene rings is 1. The molecule has 0 amide bonds. The van der Waals surface area contributed by atoms with Crippen LogP contribution in [0.15, 0.2) is 35.9 Å². The van der Waals surface area contributed by atoms with E-state index < -0.39 is 12.2 Å². The minimum Gasteiger partial charge on any atom is -0.458 e. The predicted molar refractivity (Wildman–Crippen MR) is 125 cm³/mol. The molecule has 32 heavy (non-hydrogen) atoms. The Labute approximate surface area is 191 Å². The Morgan fingerprint density at radius 3 is 2.72 bits per heavy atom. The van der Waals surface area contributed by atoms with Gasteiger partial charge >= 0.3 is 5.97 Å². The second-order valence-corrected chi connectivity index (χ2v) is 10.2. The Hall–Kier alpha value is -1.98. The summed E-state index contributed by atoms with van der Waals surface area (Å²) >= 11 is 0. The third kappa shape index (κ3) is 5.87. The van der Waals surface area contributed by atoms with Crippen LogP contribution < -0.4 is 0 Å². The Balaban J connectivity index is 2.01. The molecule has 0 spiro atoms. The topological polar surface area (TPSA) is 55.8 Å². The molecule has 176 valence electrons. The number of hydrogen-bond acceptors (Lipinski definition) is 4. The normalized spacial score (nSPS) is 28.3. The molecule has 0 aromatic heterocycles. The van der Waals surface area contributed by atoms with Gasteiger partial charge in [0.25, 0.3) is 0 Å². The Bertz CT molecular complexity index is 901. The van der Waals surface area contributed by atoms with Crippen LogP contribution in [0.3, 0.4) is 0 Å². The van der Waals surface area contributed by atoms with E-state index >= 15 is 0 Å². The van der Waals surface area contributed by atoms with E-state index in [4.69, 9.17) is 9.47 Å². The van der Waals surface area contributed by atoms with E-state index in [-0.39, 0.29) is 29.2 Å². The lowest BCUT2D eigenvalue weighted by molar-refractivity contribution is -0.156. The van der Waals surface area contributed by atoms with Crippen molar-refractivity contribution in [2.24, 2.45) is 5.41 Å². The van der Waals surface area contributed by atoms with Crippen LogP contribution in [0.1, 0.15) is 77.3 Å². The van der Waals surface area contributed by atoms with Crippen molar-refractivity contribution in [3.8, 4) is 0 Å². The maximum Gasteiger partial charge on any atom is 0.309 e. The Morgan fingerprint density at radius 2 is 2.06 bits per heavy atom. The fourth-order valence-electron chi connectivity index (χ4n) is 5.08. The zero-order valence-corrected chi connectivity index (χ0v) is 20.0. The molecule has 1 aliphatic heterocycles. The first-order valence-corrected chi connectivity index (χ1v) is 11.7. The summed E-state index contributed by atoms with van der Waals surface area (Å²) in [6.45, 7) is 11.2. The number of aliphatic hydroxyl groups is 1. The van der Waals surface area contributed by atoms with Crippen molar-refractivity contribution in [1.29, 1.82) is 0 Å². The van der Waals surface area contributed by atoms with Gasteiger partial charge in [-0.2, -0.15) is 0 Å². The summed E-state index contributed by atoms with van der Waals surface area (Å²) in [5.74, 6) is -0.590. The molecule has 0 saturated carbocycles. The van der Waals surface area contributed by atoms with Crippen LogP contribution in [-0.2, 0) is 14.3 Å². The van der Waals surface area contributed by atoms with E-state index in [0.29, 0.717) is 12.0 Å². The number of carbonyl (C=O) groups excluding carboxylic acids is 1. The van der Waals surface area contributed by atoms with Gasteiger partial charge in [0.2, 0.25) is 0 Å². The average Bonchev–Trinajstić information content (AvgIpc) is 2.68. The number of carbonyl (C=O) groups is 1. The van der Waals surface area contributed by atoms with Gasteiger partial charge in [-0.25, -0.2) is 4.39 Å². The minimum atomic E-state index is -0.672. The lowest BCUT2D eigenvalue weighted by Crippen LogP contribution is -2.40. The van der Waals surface area contributed by atoms with Crippen molar-refractivity contribution < 1.29 is 23.8 Å². The molecule has 1 heterocycles. The average molecular weight is 445 g/mol. The van der Waals surface area contributed by atoms with Crippen molar-refractivity contribution >= 4 is 11.5 Å². The molecule has 1 aromatic carbocycles. The van der Waals surface area contributed by atoms with Crippen molar-refractivity contribution in [3.63, 3.8) is 0 Å². The summed E-state index contributed by atoms with van der Waals surface area (Å²) in [5, 5.41) is 9.95. The number of aryl methyl sites for hydroxylation is 1. The van der Waals surface area contributed by atoms with E-state index in [1.54, 1.807) is 6.92 Å². The molecule has 1 unspecified atom stereocenters. The summed E-state index contributed by atoms with van der Waals surface area (Å²) in [5.41, 5.74) is 3.34. The molecule has 4 nitrogen and oxygen atoms in total. The Kier molecular flexibility index (Phi) is 7.61. The number of halogens is 1. The monoisotopic (exact) mass is 444 g/mol. The highest BCUT2D eigenvalue weighted by Crippen LogP contribution is 2.50. The van der Waals surface area contributed by atoms with E-state index in [1.165, 1.54) is 6.07 Å². The zero-order chi connectivity index (χ0) is 23.5. The van der Waals surface area contributed by atoms with Gasteiger partial charge in [0.1, 0.15) is 11.9 Å². The van der Waals surface area contributed by atoms with Crippen LogP contribution in [0, 0.1) is 18.2 Å². The lowest BCUT2D eigenvalue weighted by atomic mass is 9.65. The quantitative estimate of drug-likeness (QED) is 0.420. The number of unbranched alkanes of at least 4 members (excludes halogenated alkanes) is 1. The summed E-state index contributed by atoms with van der Waals surface area (Å²) in [4.78, 5) is 11.7. The van der Waals surface area contributed by atoms with E-state index in [9.17, 15) is 14.3 Å². The number of rotatable bonds is 7. The van der Waals surface area contributed by atoms with Crippen LogP contribution in [0.2, 0.25) is 0 Å². The third-order valence-corrected chi connectivity index (χ3v) is 6.54. The minimum absolute atomic E-state index is 0.0477. The highest BCUT2D eigenvalue weighted by atomic mass is 19.1. The largest absolute Gasteiger partial charge is 0.458 e. The van der Waals surface area contributed by atoms with E-state index in [2.05, 4.69) is 27.7 Å². The van der Waals surface area contributed by atoms with Gasteiger partial charge in [0.05, 0.1) is 18.1 Å². The highest BCUT2D eigenvalue weighted by Gasteiger charge is 2.42. The van der Waals surface area contributed by atoms with Crippen molar-refractivity contribution in [2.45, 2.75) is 91.0 Å². The molecular formula is C27H37FO4. The van der Waals surface area contributed by atoms with E-state index in [1.807, 2.05) is 24.3 Å². The van der Waals surface area contributed by atoms with Crippen LogP contribution in [0.25, 0.3) is 5.57 Å². The smallest absolute Gasteiger partial charge is 0.309 e. The zero-order valence-electron chi connectivity index (χ0n) is 20.0. The molecule has 3 rings (SSSR count). The summed E-state index contributed by atoms with van der Waals surface area (Å²) in [7, 11) is 0. The fraction of sp³-hybridized carbons (Fsp3) is 0.593. The molecule has 2 aliphatic rings. The summed E-state index contributed by atoms with van der Waals surface area (Å²) in [6.07, 6.45) is 6.92. The number of aliphatic hydroxyl groups excluding tert-OH is 1. The Morgan fingerprint density at radius 1 is 1.31 bits per heavy atom. The number of hydrogen-bond donors (Lipinski definition) is 1. The van der Waals surface area contributed by atoms with Crippen LogP contribution >= 0.6 is 0 Å². The van der Waals surface area contributed by atoms with Crippen LogP contribution in [-0.4, -0.2) is 35.5 Å². The van der Waals surface area contributed by atoms with Gasteiger partial charge in [0.15, 0.2) is 0 Å². The molecule has 1 aromatic rings. The summed E-state index contributed by atoms with van der Waals surface area (Å²) in [6, 6.07) is 5.26. The summed E-state index contributed by atoms with van der Waals surface area (Å²) < 4.78 is 25.8. The SMILES string of the molecule is CCCCOC1(C)CC(c2ccc(F)c(C)c2)=C(/C=C/[C@H]2C[C@H](O)CC(=O)O2)C(C)(C)C1. The molecular weight excluding hydrogens is 407 g/mol. The maximum absolute atomic E-state index is 14.0. The van der Waals surface area contributed by atoms with Crippen molar-refractivity contribution in [3.05, 3.63) is 52.9 Å². The standard InChI is InChI=1S/C27H37FO4/c1-6-7-12-31-27(5)16-22(19-8-11-24(28)18(2)13-19)23(26(3,4)17-27)10-9-21-14-20(29)15-25(30)32-21/h8-11,13,20-21,29H,6-7,12,14-17H2,1-5H3/b10-9+/t20-,21-,27?/m0/s1. The van der Waals surface area contributed by atoms with E-state index in [0.717, 1.165) is 49.0 Å². The van der Waals surface area contributed by atoms with Crippen molar-refractivity contribution in [1.82, 2.24) is 0 Å². The van der Waals surface area contributed by atoms with Gasteiger partial charge in [0, 0.05) is 19.4 Å². The molecule has 0 radical (unpaired) electrons. The first-order chi connectivity index (χ1) is 15.0. The molecule has 1 aliphatic carbocycles. The maximum atomic E-state index is 14.0. The lowest BCUT2D eigenvalue weighted by Gasteiger charge is -2.45.